The lowest BCUT2D eigenvalue weighted by atomic mass is 10.1. The Balaban J connectivity index is 1.81. The van der Waals surface area contributed by atoms with Crippen molar-refractivity contribution >= 4 is 11.9 Å². The van der Waals surface area contributed by atoms with Gasteiger partial charge in [-0.2, -0.15) is 5.10 Å². The predicted molar refractivity (Wildman–Crippen MR) is 90.4 cm³/mol. The van der Waals surface area contributed by atoms with Gasteiger partial charge in [-0.25, -0.2) is 4.98 Å². The zero-order valence-electron chi connectivity index (χ0n) is 14.2. The number of rotatable bonds is 3. The number of nitrogens with one attached hydrogen (secondary N) is 1. The molecule has 0 unspecified atom stereocenters. The molecule has 0 aromatic carbocycles. The van der Waals surface area contributed by atoms with Crippen LogP contribution >= 0.6 is 0 Å². The van der Waals surface area contributed by atoms with Gasteiger partial charge < -0.3 is 9.80 Å². The number of nitrogens with zero attached hydrogens (tertiary/aromatic N) is 5. The molecule has 0 fully saturated rings. The van der Waals surface area contributed by atoms with Crippen molar-refractivity contribution in [2.24, 2.45) is 0 Å². The van der Waals surface area contributed by atoms with Crippen molar-refractivity contribution in [2.45, 2.75) is 26.3 Å². The van der Waals surface area contributed by atoms with Gasteiger partial charge in [0.1, 0.15) is 5.69 Å². The fourth-order valence-corrected chi connectivity index (χ4v) is 2.82. The van der Waals surface area contributed by atoms with Crippen LogP contribution < -0.4 is 10.5 Å². The highest BCUT2D eigenvalue weighted by Crippen LogP contribution is 2.14. The lowest BCUT2D eigenvalue weighted by Crippen LogP contribution is -2.33. The first-order chi connectivity index (χ1) is 11.5. The van der Waals surface area contributed by atoms with Gasteiger partial charge in [-0.1, -0.05) is 0 Å². The molecular formula is C16H22N6O2. The highest BCUT2D eigenvalue weighted by molar-refractivity contribution is 5.92. The lowest BCUT2D eigenvalue weighted by molar-refractivity contribution is 0.0756. The Bertz CT molecular complexity index is 807. The number of carbonyl (C=O) groups is 1. The smallest absolute Gasteiger partial charge is 0.274 e. The summed E-state index contributed by atoms with van der Waals surface area (Å²) < 4.78 is 1.73. The normalized spacial score (nSPS) is 14.2. The Hall–Kier alpha value is -2.64. The summed E-state index contributed by atoms with van der Waals surface area (Å²) in [6.07, 6.45) is 2.88. The molecule has 2 aromatic rings. The first kappa shape index (κ1) is 16.2. The number of aryl methyl sites for hydroxylation is 1. The van der Waals surface area contributed by atoms with Crippen LogP contribution in [0.15, 0.2) is 17.1 Å². The van der Waals surface area contributed by atoms with Crippen molar-refractivity contribution in [1.29, 1.82) is 0 Å². The summed E-state index contributed by atoms with van der Waals surface area (Å²) in [5, 5.41) is 4.27. The van der Waals surface area contributed by atoms with Crippen molar-refractivity contribution in [3.8, 4) is 0 Å². The van der Waals surface area contributed by atoms with Crippen LogP contribution in [0.3, 0.4) is 0 Å². The quantitative estimate of drug-likeness (QED) is 0.874. The van der Waals surface area contributed by atoms with E-state index in [0.29, 0.717) is 43.1 Å². The van der Waals surface area contributed by atoms with E-state index in [0.717, 1.165) is 12.2 Å². The minimum atomic E-state index is -0.117. The third-order valence-corrected chi connectivity index (χ3v) is 4.23. The molecule has 1 N–H and O–H groups in total. The number of hydrogen-bond donors (Lipinski definition) is 1. The fraction of sp³-hybridized carbons (Fsp3) is 0.500. The summed E-state index contributed by atoms with van der Waals surface area (Å²) in [5.41, 5.74) is 1.78. The van der Waals surface area contributed by atoms with E-state index < -0.39 is 0 Å². The zero-order valence-corrected chi connectivity index (χ0v) is 14.2. The standard InChI is InChI=1S/C16H22N6O2/c1-4-22-10-7-13(19-22)15(24)21-8-5-11-12(6-9-21)17-16(20(2)3)18-14(11)23/h7,10H,4-6,8-9H2,1-3H3,(H,17,18,23). The van der Waals surface area contributed by atoms with Crippen LogP contribution in [0.5, 0.6) is 0 Å². The van der Waals surface area contributed by atoms with E-state index in [1.54, 1.807) is 26.7 Å². The van der Waals surface area contributed by atoms with Crippen LogP contribution in [0.2, 0.25) is 0 Å². The molecule has 8 heteroatoms. The molecule has 8 nitrogen and oxygen atoms in total. The van der Waals surface area contributed by atoms with Crippen molar-refractivity contribution in [3.63, 3.8) is 0 Å². The third kappa shape index (κ3) is 3.04. The van der Waals surface area contributed by atoms with E-state index in [-0.39, 0.29) is 11.5 Å². The minimum absolute atomic E-state index is 0.0979. The van der Waals surface area contributed by atoms with Crippen LogP contribution in [0.4, 0.5) is 5.95 Å². The molecule has 0 aliphatic carbocycles. The van der Waals surface area contributed by atoms with Crippen molar-refractivity contribution in [2.75, 3.05) is 32.1 Å². The highest BCUT2D eigenvalue weighted by Gasteiger charge is 2.24. The number of hydrogen-bond acceptors (Lipinski definition) is 5. The summed E-state index contributed by atoms with van der Waals surface area (Å²) in [7, 11) is 3.67. The van der Waals surface area contributed by atoms with Gasteiger partial charge in [0.2, 0.25) is 5.95 Å². The fourth-order valence-electron chi connectivity index (χ4n) is 2.82. The molecule has 0 spiro atoms. The molecule has 0 bridgehead atoms. The monoisotopic (exact) mass is 330 g/mol. The summed E-state index contributed by atoms with van der Waals surface area (Å²) in [4.78, 5) is 35.8. The second-order valence-corrected chi connectivity index (χ2v) is 6.06. The molecule has 0 saturated carbocycles. The molecular weight excluding hydrogens is 308 g/mol. The first-order valence-electron chi connectivity index (χ1n) is 8.11. The molecule has 1 aliphatic heterocycles. The second kappa shape index (κ2) is 6.46. The Morgan fingerprint density at radius 2 is 2.08 bits per heavy atom. The third-order valence-electron chi connectivity index (χ3n) is 4.23. The van der Waals surface area contributed by atoms with Crippen LogP contribution in [0, 0.1) is 0 Å². The van der Waals surface area contributed by atoms with E-state index in [4.69, 9.17) is 0 Å². The number of amides is 1. The van der Waals surface area contributed by atoms with E-state index in [9.17, 15) is 9.59 Å². The molecule has 0 atom stereocenters. The van der Waals surface area contributed by atoms with Crippen molar-refractivity contribution in [1.82, 2.24) is 24.6 Å². The SMILES string of the molecule is CCn1ccc(C(=O)N2CCc3nc(N(C)C)[nH]c(=O)c3CC2)n1. The average Bonchev–Trinajstić information content (AvgIpc) is 2.94. The summed E-state index contributed by atoms with van der Waals surface area (Å²) in [6.45, 7) is 3.74. The average molecular weight is 330 g/mol. The summed E-state index contributed by atoms with van der Waals surface area (Å²) in [5.74, 6) is 0.444. The lowest BCUT2D eigenvalue weighted by Gasteiger charge is -2.18. The first-order valence-corrected chi connectivity index (χ1v) is 8.11. The summed E-state index contributed by atoms with van der Waals surface area (Å²) in [6, 6.07) is 1.74. The van der Waals surface area contributed by atoms with E-state index >= 15 is 0 Å². The number of carbonyl (C=O) groups excluding carboxylic acids is 1. The van der Waals surface area contributed by atoms with E-state index in [2.05, 4.69) is 15.1 Å². The molecule has 0 saturated heterocycles. The van der Waals surface area contributed by atoms with Crippen LogP contribution in [0.1, 0.15) is 28.7 Å². The van der Waals surface area contributed by atoms with E-state index in [1.807, 2.05) is 21.0 Å². The molecule has 3 heterocycles. The Labute approximate surface area is 140 Å². The molecule has 3 rings (SSSR count). The zero-order chi connectivity index (χ0) is 17.3. The van der Waals surface area contributed by atoms with Crippen LogP contribution in [-0.4, -0.2) is 57.7 Å². The number of fused-ring (bicyclic) bond motifs is 1. The maximum atomic E-state index is 12.6. The number of anilines is 1. The van der Waals surface area contributed by atoms with Crippen molar-refractivity contribution < 1.29 is 4.79 Å². The van der Waals surface area contributed by atoms with Gasteiger partial charge in [0, 0.05) is 51.9 Å². The Kier molecular flexibility index (Phi) is 4.37. The molecule has 1 aliphatic rings. The molecule has 2 aromatic heterocycles. The van der Waals surface area contributed by atoms with Gasteiger partial charge in [0.05, 0.1) is 5.69 Å². The Morgan fingerprint density at radius 3 is 2.75 bits per heavy atom. The topological polar surface area (TPSA) is 87.1 Å². The molecule has 1 amide bonds. The van der Waals surface area contributed by atoms with E-state index in [1.165, 1.54) is 0 Å². The maximum absolute atomic E-state index is 12.6. The Morgan fingerprint density at radius 1 is 1.33 bits per heavy atom. The number of H-pyrrole nitrogens is 1. The van der Waals surface area contributed by atoms with Gasteiger partial charge in [-0.3, -0.25) is 19.3 Å². The van der Waals surface area contributed by atoms with Crippen molar-refractivity contribution in [3.05, 3.63) is 39.6 Å². The highest BCUT2D eigenvalue weighted by atomic mass is 16.2. The largest absolute Gasteiger partial charge is 0.348 e. The summed E-state index contributed by atoms with van der Waals surface area (Å²) >= 11 is 0. The van der Waals surface area contributed by atoms with Gasteiger partial charge >= 0.3 is 0 Å². The second-order valence-electron chi connectivity index (χ2n) is 6.06. The number of aromatic nitrogens is 4. The minimum Gasteiger partial charge on any atom is -0.348 e. The van der Waals surface area contributed by atoms with Crippen LogP contribution in [-0.2, 0) is 19.4 Å². The van der Waals surface area contributed by atoms with Gasteiger partial charge in [0.15, 0.2) is 0 Å². The predicted octanol–water partition coefficient (Wildman–Crippen LogP) is 0.293. The molecule has 24 heavy (non-hydrogen) atoms. The van der Waals surface area contributed by atoms with Gasteiger partial charge in [-0.15, -0.1) is 0 Å². The number of aromatic amines is 1. The van der Waals surface area contributed by atoms with Gasteiger partial charge in [0.25, 0.3) is 11.5 Å². The molecule has 128 valence electrons. The van der Waals surface area contributed by atoms with Gasteiger partial charge in [-0.05, 0) is 19.4 Å². The maximum Gasteiger partial charge on any atom is 0.274 e. The molecule has 0 radical (unpaired) electrons. The van der Waals surface area contributed by atoms with Crippen LogP contribution in [0.25, 0.3) is 0 Å².